The highest BCUT2D eigenvalue weighted by atomic mass is 16.5. The second kappa shape index (κ2) is 17.4. The van der Waals surface area contributed by atoms with Crippen molar-refractivity contribution in [1.82, 2.24) is 4.90 Å². The van der Waals surface area contributed by atoms with Crippen LogP contribution in [0.4, 0.5) is 0 Å². The molecule has 9 heteroatoms. The van der Waals surface area contributed by atoms with Crippen LogP contribution in [-0.2, 0) is 23.9 Å². The highest BCUT2D eigenvalue weighted by molar-refractivity contribution is 5.87. The Bertz CT molecular complexity index is 1750. The molecule has 0 aromatic carbocycles. The number of carbonyl (C=O) groups is 4. The van der Waals surface area contributed by atoms with E-state index in [4.69, 9.17) is 9.84 Å². The van der Waals surface area contributed by atoms with Gasteiger partial charge in [-0.2, -0.15) is 0 Å². The number of hydrogen-bond acceptors (Lipinski definition) is 6. The van der Waals surface area contributed by atoms with Gasteiger partial charge in [-0.15, -0.1) is 0 Å². The Kier molecular flexibility index (Phi) is 13.9. The third-order valence-electron chi connectivity index (χ3n) is 20.6. The molecule has 7 rings (SSSR count). The van der Waals surface area contributed by atoms with Gasteiger partial charge in [0.25, 0.3) is 0 Å². The average Bonchev–Trinajstić information content (AvgIpc) is 3.59. The van der Waals surface area contributed by atoms with Crippen LogP contribution in [-0.4, -0.2) is 96.7 Å². The molecule has 1 heterocycles. The molecule has 0 radical (unpaired) electrons. The van der Waals surface area contributed by atoms with Crippen molar-refractivity contribution in [3.8, 4) is 0 Å². The van der Waals surface area contributed by atoms with Gasteiger partial charge in [0.05, 0.1) is 39.6 Å². The van der Waals surface area contributed by atoms with Crippen LogP contribution in [0.25, 0.3) is 0 Å². The molecule has 0 aromatic rings. The molecule has 6 aliphatic carbocycles. The van der Waals surface area contributed by atoms with E-state index in [9.17, 15) is 19.5 Å². The number of likely N-dealkylation sites (tertiary alicyclic amines) is 1. The van der Waals surface area contributed by atoms with Crippen LogP contribution >= 0.6 is 0 Å². The predicted molar refractivity (Wildman–Crippen MR) is 250 cm³/mol. The molecule has 9 nitrogen and oxygen atoms in total. The van der Waals surface area contributed by atoms with Crippen LogP contribution in [0.2, 0.25) is 0 Å². The van der Waals surface area contributed by atoms with E-state index in [1.165, 1.54) is 18.4 Å². The molecule has 6 saturated carbocycles. The third kappa shape index (κ3) is 8.65. The lowest BCUT2D eigenvalue weighted by Crippen LogP contribution is -2.67. The first-order chi connectivity index (χ1) is 29.0. The zero-order valence-electron chi connectivity index (χ0n) is 42.3. The first kappa shape index (κ1) is 50.2. The second-order valence-electron chi connectivity index (χ2n) is 26.1. The van der Waals surface area contributed by atoms with E-state index in [1.54, 1.807) is 13.8 Å². The van der Waals surface area contributed by atoms with Gasteiger partial charge in [0.2, 0.25) is 5.91 Å². The van der Waals surface area contributed by atoms with Crippen LogP contribution < -0.4 is 0 Å². The Morgan fingerprint density at radius 1 is 0.794 bits per heavy atom. The summed E-state index contributed by atoms with van der Waals surface area (Å²) in [5, 5.41) is 18.0. The number of ether oxygens (including phenoxy) is 1. The number of aliphatic hydroxyl groups is 1. The van der Waals surface area contributed by atoms with Crippen molar-refractivity contribution in [3.05, 3.63) is 12.2 Å². The molecule has 1 amide bonds. The number of hydrogen-bond donors (Lipinski definition) is 2. The van der Waals surface area contributed by atoms with Crippen LogP contribution in [0.1, 0.15) is 172 Å². The molecule has 0 spiro atoms. The summed E-state index contributed by atoms with van der Waals surface area (Å²) in [5.41, 5.74) is -0.170. The zero-order chi connectivity index (χ0) is 46.9. The third-order valence-corrected chi connectivity index (χ3v) is 20.6. The lowest BCUT2D eigenvalue weighted by Gasteiger charge is -2.73. The van der Waals surface area contributed by atoms with E-state index >= 15 is 4.79 Å². The van der Waals surface area contributed by atoms with E-state index in [0.29, 0.717) is 47.7 Å². The van der Waals surface area contributed by atoms with Crippen molar-refractivity contribution < 1.29 is 38.6 Å². The predicted octanol–water partition coefficient (Wildman–Crippen LogP) is 10.4. The smallest absolute Gasteiger partial charge is 0.309 e. The second-order valence-corrected chi connectivity index (χ2v) is 26.1. The number of nitrogens with zero attached hydrogens (tertiary/aromatic N) is 2. The van der Waals surface area contributed by atoms with Gasteiger partial charge in [-0.25, -0.2) is 0 Å². The Morgan fingerprint density at radius 3 is 2.00 bits per heavy atom. The number of carbonyl (C=O) groups excluding carboxylic acids is 3. The lowest BCUT2D eigenvalue weighted by atomic mass is 9.32. The number of allylic oxidation sites excluding steroid dienone is 1. The number of esters is 1. The minimum absolute atomic E-state index is 0.0380. The minimum Gasteiger partial charge on any atom is -0.481 e. The molecule has 0 aromatic heterocycles. The van der Waals surface area contributed by atoms with Crippen molar-refractivity contribution in [3.63, 3.8) is 0 Å². The van der Waals surface area contributed by atoms with E-state index in [0.717, 1.165) is 101 Å². The molecule has 12 atom stereocenters. The van der Waals surface area contributed by atoms with E-state index in [-0.39, 0.29) is 63.5 Å². The number of aliphatic hydroxyl groups excluding tert-OH is 1. The topological polar surface area (TPSA) is 121 Å². The number of aliphatic carboxylic acids is 1. The van der Waals surface area contributed by atoms with Crippen LogP contribution in [0.3, 0.4) is 0 Å². The van der Waals surface area contributed by atoms with Crippen molar-refractivity contribution >= 4 is 23.6 Å². The fourth-order valence-corrected chi connectivity index (χ4v) is 16.3. The van der Waals surface area contributed by atoms with E-state index < -0.39 is 17.4 Å². The molecule has 63 heavy (non-hydrogen) atoms. The van der Waals surface area contributed by atoms with Gasteiger partial charge in [0.15, 0.2) is 0 Å². The fraction of sp³-hybridized carbons (Fsp3) is 0.889. The number of fused-ring (bicyclic) bond motifs is 7. The first-order valence-electron chi connectivity index (χ1n) is 25.4. The van der Waals surface area contributed by atoms with Gasteiger partial charge >= 0.3 is 11.9 Å². The highest BCUT2D eigenvalue weighted by Gasteiger charge is 2.72. The monoisotopic (exact) mass is 880 g/mol. The molecular weight excluding hydrogens is 789 g/mol. The Balaban J connectivity index is 0.000000871. The summed E-state index contributed by atoms with van der Waals surface area (Å²) >= 11 is 0. The number of Topliss-reactive ketones (excluding diaryl/α,β-unsaturated/α-hetero) is 1. The maximum absolute atomic E-state index is 15.1. The summed E-state index contributed by atoms with van der Waals surface area (Å²) in [7, 11) is 6.16. The molecule has 7 aliphatic rings. The summed E-state index contributed by atoms with van der Waals surface area (Å²) in [6.07, 6.45) is 15.1. The summed E-state index contributed by atoms with van der Waals surface area (Å²) < 4.78 is 7.05. The molecule has 2 N–H and O–H groups in total. The van der Waals surface area contributed by atoms with Crippen LogP contribution in [0, 0.1) is 79.3 Å². The van der Waals surface area contributed by atoms with Gasteiger partial charge in [-0.1, -0.05) is 60.6 Å². The van der Waals surface area contributed by atoms with Crippen molar-refractivity contribution in [2.24, 2.45) is 79.3 Å². The molecule has 1 saturated heterocycles. The molecule has 1 aliphatic heterocycles. The summed E-state index contributed by atoms with van der Waals surface area (Å²) in [5.74, 6) is 1.92. The number of carboxylic acid groups (broad SMARTS) is 1. The highest BCUT2D eigenvalue weighted by Crippen LogP contribution is 2.78. The number of carboxylic acids is 1. The normalized spacial score (nSPS) is 40.3. The number of ketones is 1. The lowest BCUT2D eigenvalue weighted by molar-refractivity contribution is -0.870. The number of amides is 1. The Labute approximate surface area is 382 Å². The minimum atomic E-state index is -1.15. The number of rotatable bonds is 11. The fourth-order valence-electron chi connectivity index (χ4n) is 16.3. The van der Waals surface area contributed by atoms with Crippen LogP contribution in [0.5, 0.6) is 0 Å². The van der Waals surface area contributed by atoms with Gasteiger partial charge in [0, 0.05) is 36.3 Å². The van der Waals surface area contributed by atoms with E-state index in [1.807, 2.05) is 0 Å². The number of piperidine rings is 1. The molecule has 358 valence electrons. The molecule has 0 bridgehead atoms. The SMILES string of the molecule is C=C(C)[C@@H]1CC[C@@]2(C(=O)C[C@@H]3C[C@H](C(=O)N4CCCCC4)C3(C)C)CC[C@]3(C)C(CCC4[C@@]5(C)CC[C@H](OC(=O)CC(C)(C)C(=O)O)C(C)(C)C5CC[C@]43C)C12.C[N+](C)(C)CCO. The first-order valence-corrected chi connectivity index (χ1v) is 25.4. The Hall–Kier alpha value is -2.26. The average molecular weight is 880 g/mol. The maximum atomic E-state index is 15.1. The van der Waals surface area contributed by atoms with Gasteiger partial charge in [-0.3, -0.25) is 19.2 Å². The summed E-state index contributed by atoms with van der Waals surface area (Å²) in [4.78, 5) is 55.8. The number of quaternary nitrogens is 1. The maximum Gasteiger partial charge on any atom is 0.309 e. The van der Waals surface area contributed by atoms with Crippen LogP contribution in [0.15, 0.2) is 12.2 Å². The molecule has 4 unspecified atom stereocenters. The quantitative estimate of drug-likeness (QED) is 0.120. The van der Waals surface area contributed by atoms with Crippen molar-refractivity contribution in [2.45, 2.75) is 178 Å². The summed E-state index contributed by atoms with van der Waals surface area (Å²) in [6, 6.07) is 0. The zero-order valence-corrected chi connectivity index (χ0v) is 42.3. The largest absolute Gasteiger partial charge is 0.481 e. The van der Waals surface area contributed by atoms with Crippen molar-refractivity contribution in [2.75, 3.05) is 47.4 Å². The van der Waals surface area contributed by atoms with Gasteiger partial charge < -0.3 is 24.3 Å². The van der Waals surface area contributed by atoms with Gasteiger partial charge in [0.1, 0.15) is 18.4 Å². The van der Waals surface area contributed by atoms with E-state index in [2.05, 4.69) is 88.0 Å². The Morgan fingerprint density at radius 2 is 1.44 bits per heavy atom. The molecular formula is C54H91N2O7+. The van der Waals surface area contributed by atoms with Crippen molar-refractivity contribution in [1.29, 1.82) is 0 Å². The standard InChI is InChI=1S/C49H77NO6.C5H14NO/c1-30(2)32-17-22-49(37(51)28-31-27-34(44(31,5)6)41(53)50-25-13-12-14-26-50)24-23-47(10)33(40(32)49)15-16-36-46(9)20-19-38(56-39(52)29-43(3,4)42(54)55)45(7,8)35(46)18-21-48(36,47)11;1-6(2,3)4-5-7/h31-36,38,40H,1,12-29H2,2-11H3,(H,54,55);7H,4-5H2,1-3H3/q;+1/t31-,32-,33?,34+,35?,36?,38-,40?,46-,47+,48+,49-;/m0./s1. The molecule has 7 fully saturated rings. The number of likely N-dealkylation sites (N-methyl/N-ethyl adjacent to an activating group) is 1. The summed E-state index contributed by atoms with van der Waals surface area (Å²) in [6.45, 7) is 29.8. The van der Waals surface area contributed by atoms with Gasteiger partial charge in [-0.05, 0) is 168 Å².